The Morgan fingerprint density at radius 1 is 1.00 bits per heavy atom. The van der Waals surface area contributed by atoms with E-state index in [0.29, 0.717) is 10.7 Å². The minimum Gasteiger partial charge on any atom is -0.295 e. The molecule has 2 N–H and O–H groups in total. The first-order valence-corrected chi connectivity index (χ1v) is 7.92. The molecule has 6 nitrogen and oxygen atoms in total. The molecule has 1 aromatic heterocycles. The number of para-hydroxylation sites is 1. The molecule has 0 aliphatic rings. The lowest BCUT2D eigenvalue weighted by Crippen LogP contribution is -2.43. The molecule has 0 aliphatic carbocycles. The van der Waals surface area contributed by atoms with Crippen molar-refractivity contribution in [2.24, 2.45) is 0 Å². The smallest absolute Gasteiger partial charge is 0.288 e. The Hall–Kier alpha value is -3.12. The number of aromatic nitrogens is 2. The van der Waals surface area contributed by atoms with Crippen LogP contribution in [-0.2, 0) is 11.2 Å². The Morgan fingerprint density at radius 3 is 2.44 bits per heavy atom. The summed E-state index contributed by atoms with van der Waals surface area (Å²) in [4.78, 5) is 28.2. The minimum atomic E-state index is -0.453. The maximum atomic E-state index is 12.3. The molecule has 3 rings (SSSR count). The summed E-state index contributed by atoms with van der Waals surface area (Å²) >= 11 is 5.81. The highest BCUT2D eigenvalue weighted by molar-refractivity contribution is 6.30. The summed E-state index contributed by atoms with van der Waals surface area (Å²) in [5.41, 5.74) is 6.72. The van der Waals surface area contributed by atoms with Gasteiger partial charge in [0, 0.05) is 10.7 Å². The van der Waals surface area contributed by atoms with Gasteiger partial charge in [-0.3, -0.25) is 25.0 Å². The number of carbonyl (C=O) groups excluding carboxylic acids is 2. The van der Waals surface area contributed by atoms with Gasteiger partial charge in [-0.25, -0.2) is 4.98 Å². The zero-order valence-corrected chi connectivity index (χ0v) is 13.9. The lowest BCUT2D eigenvalue weighted by Gasteiger charge is -2.10. The van der Waals surface area contributed by atoms with Crippen LogP contribution in [0.4, 0.5) is 0 Å². The van der Waals surface area contributed by atoms with Crippen LogP contribution >= 0.6 is 11.6 Å². The highest BCUT2D eigenvalue weighted by Gasteiger charge is 2.13. The Bertz CT molecular complexity index is 876. The van der Waals surface area contributed by atoms with Crippen molar-refractivity contribution in [1.29, 1.82) is 0 Å². The first-order valence-electron chi connectivity index (χ1n) is 7.55. The third kappa shape index (κ3) is 4.24. The molecule has 3 aromatic rings. The summed E-state index contributed by atoms with van der Waals surface area (Å²) in [6, 6.07) is 16.3. The van der Waals surface area contributed by atoms with Crippen molar-refractivity contribution in [1.82, 2.24) is 20.4 Å². The predicted molar refractivity (Wildman–Crippen MR) is 94.3 cm³/mol. The molecule has 0 bridgehead atoms. The van der Waals surface area contributed by atoms with Crippen molar-refractivity contribution in [2.45, 2.75) is 6.42 Å². The molecule has 0 aliphatic heterocycles. The van der Waals surface area contributed by atoms with Crippen LogP contribution in [-0.4, -0.2) is 21.4 Å². The van der Waals surface area contributed by atoms with Crippen molar-refractivity contribution in [2.75, 3.05) is 0 Å². The number of hydrogen-bond acceptors (Lipinski definition) is 3. The molecule has 0 saturated carbocycles. The molecule has 7 heteroatoms. The van der Waals surface area contributed by atoms with Gasteiger partial charge in [0.1, 0.15) is 5.69 Å². The van der Waals surface area contributed by atoms with Crippen LogP contribution in [0.15, 0.2) is 67.1 Å². The molecular formula is C18H15ClN4O2. The second-order valence-electron chi connectivity index (χ2n) is 5.29. The number of hydrazine groups is 1. The fourth-order valence-corrected chi connectivity index (χ4v) is 2.41. The summed E-state index contributed by atoms with van der Waals surface area (Å²) in [6.07, 6.45) is 3.11. The quantitative estimate of drug-likeness (QED) is 0.707. The summed E-state index contributed by atoms with van der Waals surface area (Å²) in [5.74, 6) is -0.785. The average Bonchev–Trinajstić information content (AvgIpc) is 3.12. The zero-order valence-electron chi connectivity index (χ0n) is 13.1. The summed E-state index contributed by atoms with van der Waals surface area (Å²) in [5, 5.41) is 0.603. The van der Waals surface area contributed by atoms with Crippen molar-refractivity contribution < 1.29 is 9.59 Å². The predicted octanol–water partition coefficient (Wildman–Crippen LogP) is 2.53. The molecule has 0 saturated heterocycles. The van der Waals surface area contributed by atoms with Crippen LogP contribution in [0.2, 0.25) is 5.02 Å². The lowest BCUT2D eigenvalue weighted by molar-refractivity contribution is -0.121. The molecule has 0 unspecified atom stereocenters. The maximum Gasteiger partial charge on any atom is 0.288 e. The molecule has 0 radical (unpaired) electrons. The van der Waals surface area contributed by atoms with Crippen molar-refractivity contribution >= 4 is 23.4 Å². The van der Waals surface area contributed by atoms with E-state index in [4.69, 9.17) is 11.6 Å². The largest absolute Gasteiger partial charge is 0.295 e. The Labute approximate surface area is 149 Å². The lowest BCUT2D eigenvalue weighted by atomic mass is 10.1. The fraction of sp³-hybridized carbons (Fsp3) is 0.0556. The zero-order chi connectivity index (χ0) is 17.6. The molecule has 0 atom stereocenters. The van der Waals surface area contributed by atoms with Gasteiger partial charge in [-0.05, 0) is 29.8 Å². The summed E-state index contributed by atoms with van der Waals surface area (Å²) in [6.45, 7) is 0. The molecule has 2 aromatic carbocycles. The van der Waals surface area contributed by atoms with Gasteiger partial charge < -0.3 is 0 Å². The monoisotopic (exact) mass is 354 g/mol. The molecule has 2 amide bonds. The van der Waals surface area contributed by atoms with Crippen molar-refractivity contribution in [3.05, 3.63) is 83.4 Å². The van der Waals surface area contributed by atoms with E-state index in [1.165, 1.54) is 6.20 Å². The van der Waals surface area contributed by atoms with E-state index in [9.17, 15) is 9.59 Å². The van der Waals surface area contributed by atoms with E-state index < -0.39 is 5.91 Å². The van der Waals surface area contributed by atoms with Crippen molar-refractivity contribution in [3.63, 3.8) is 0 Å². The van der Waals surface area contributed by atoms with Crippen LogP contribution in [0, 0.1) is 0 Å². The molecule has 25 heavy (non-hydrogen) atoms. The van der Waals surface area contributed by atoms with Crippen LogP contribution in [0.3, 0.4) is 0 Å². The van der Waals surface area contributed by atoms with Gasteiger partial charge in [-0.1, -0.05) is 41.9 Å². The Kier molecular flexibility index (Phi) is 5.11. The van der Waals surface area contributed by atoms with Gasteiger partial charge in [0.25, 0.3) is 5.91 Å². The molecule has 0 fully saturated rings. The van der Waals surface area contributed by atoms with E-state index in [0.717, 1.165) is 11.3 Å². The van der Waals surface area contributed by atoms with Gasteiger partial charge in [0.2, 0.25) is 5.91 Å². The number of imidazole rings is 1. The van der Waals surface area contributed by atoms with E-state index in [1.807, 2.05) is 30.3 Å². The number of carbonyl (C=O) groups is 2. The normalized spacial score (nSPS) is 10.3. The molecule has 0 spiro atoms. The van der Waals surface area contributed by atoms with E-state index >= 15 is 0 Å². The summed E-state index contributed by atoms with van der Waals surface area (Å²) < 4.78 is 1.64. The van der Waals surface area contributed by atoms with Gasteiger partial charge >= 0.3 is 0 Å². The molecule has 1 heterocycles. The number of hydrogen-bond donors (Lipinski definition) is 2. The minimum absolute atomic E-state index is 0.134. The second kappa shape index (κ2) is 7.63. The Morgan fingerprint density at radius 2 is 1.72 bits per heavy atom. The topological polar surface area (TPSA) is 76.0 Å². The van der Waals surface area contributed by atoms with Crippen LogP contribution in [0.5, 0.6) is 0 Å². The molecular weight excluding hydrogens is 340 g/mol. The third-order valence-electron chi connectivity index (χ3n) is 3.50. The first-order chi connectivity index (χ1) is 12.1. The second-order valence-corrected chi connectivity index (χ2v) is 5.73. The number of benzene rings is 2. The van der Waals surface area contributed by atoms with E-state index in [2.05, 4.69) is 15.8 Å². The van der Waals surface area contributed by atoms with Gasteiger partial charge in [0.15, 0.2) is 0 Å². The van der Waals surface area contributed by atoms with Gasteiger partial charge in [-0.15, -0.1) is 0 Å². The van der Waals surface area contributed by atoms with Crippen molar-refractivity contribution in [3.8, 4) is 5.69 Å². The SMILES string of the molecule is O=C(Cc1ccc(Cl)cc1)NNC(=O)c1cncn1-c1ccccc1. The number of nitrogens with zero attached hydrogens (tertiary/aromatic N) is 2. The standard InChI is InChI=1S/C18H15ClN4O2/c19-14-8-6-13(7-9-14)10-17(24)21-22-18(25)16-11-20-12-23(16)15-4-2-1-3-5-15/h1-9,11-12H,10H2,(H,21,24)(H,22,25). The number of nitrogens with one attached hydrogen (secondary N) is 2. The number of halogens is 1. The van der Waals surface area contributed by atoms with E-state index in [-0.39, 0.29) is 12.3 Å². The maximum absolute atomic E-state index is 12.3. The fourth-order valence-electron chi connectivity index (χ4n) is 2.28. The highest BCUT2D eigenvalue weighted by Crippen LogP contribution is 2.11. The van der Waals surface area contributed by atoms with Crippen LogP contribution < -0.4 is 10.9 Å². The Balaban J connectivity index is 1.61. The number of amides is 2. The van der Waals surface area contributed by atoms with E-state index in [1.54, 1.807) is 35.2 Å². The molecule has 126 valence electrons. The van der Waals surface area contributed by atoms with Crippen LogP contribution in [0.1, 0.15) is 16.1 Å². The summed E-state index contributed by atoms with van der Waals surface area (Å²) in [7, 11) is 0. The average molecular weight is 355 g/mol. The van der Waals surface area contributed by atoms with Gasteiger partial charge in [-0.2, -0.15) is 0 Å². The van der Waals surface area contributed by atoms with Gasteiger partial charge in [0.05, 0.1) is 18.9 Å². The number of rotatable bonds is 4. The highest BCUT2D eigenvalue weighted by atomic mass is 35.5. The third-order valence-corrected chi connectivity index (χ3v) is 3.75. The van der Waals surface area contributed by atoms with Crippen LogP contribution in [0.25, 0.3) is 5.69 Å². The first kappa shape index (κ1) is 16.7.